The molecule has 0 radical (unpaired) electrons. The number of rotatable bonds is 13. The first-order chi connectivity index (χ1) is 20.1. The third-order valence-electron chi connectivity index (χ3n) is 7.70. The Bertz CT molecular complexity index is 1540. The lowest BCUT2D eigenvalue weighted by Gasteiger charge is -2.13. The average Bonchev–Trinajstić information content (AvgIpc) is 3.37. The average molecular weight is 546 g/mol. The van der Waals surface area contributed by atoms with Crippen molar-refractivity contribution in [3.05, 3.63) is 120 Å². The van der Waals surface area contributed by atoms with Gasteiger partial charge in [0.15, 0.2) is 0 Å². The highest BCUT2D eigenvalue weighted by atomic mass is 16.5. The number of aryl methyl sites for hydroxylation is 1. The molecule has 1 heterocycles. The molecule has 5 aromatic rings. The molecule has 0 saturated carbocycles. The smallest absolute Gasteiger partial charge is 0.224 e. The maximum absolute atomic E-state index is 12.6. The molecule has 1 unspecified atom stereocenters. The lowest BCUT2D eigenvalue weighted by atomic mass is 9.99. The van der Waals surface area contributed by atoms with E-state index in [-0.39, 0.29) is 5.91 Å². The van der Waals surface area contributed by atoms with E-state index in [1.807, 2.05) is 42.5 Å². The molecule has 0 aliphatic heterocycles. The lowest BCUT2D eigenvalue weighted by molar-refractivity contribution is -0.120. The number of nitrogens with one attached hydrogen (secondary N) is 1. The standard InChI is InChI=1S/C36H39N3O2/c1-3-27(2)29-19-21-32(22-20-29)41-25-24-39-34-13-8-7-12-33(34)38-35(39)14-9-23-37-36(40)26-28-15-17-31(18-16-28)30-10-5-4-6-11-30/h4-8,10-13,15-22,27H,3,9,14,23-26H2,1-2H3,(H,37,40). The summed E-state index contributed by atoms with van der Waals surface area (Å²) in [5, 5.41) is 3.08. The summed E-state index contributed by atoms with van der Waals surface area (Å²) < 4.78 is 8.34. The van der Waals surface area contributed by atoms with Crippen molar-refractivity contribution in [2.45, 2.75) is 52.0 Å². The topological polar surface area (TPSA) is 56.1 Å². The van der Waals surface area contributed by atoms with E-state index in [4.69, 9.17) is 9.72 Å². The Morgan fingerprint density at radius 2 is 1.59 bits per heavy atom. The molecule has 0 bridgehead atoms. The summed E-state index contributed by atoms with van der Waals surface area (Å²) in [4.78, 5) is 17.5. The Hall–Kier alpha value is -4.38. The molecule has 5 heteroatoms. The molecule has 1 N–H and O–H groups in total. The molecule has 5 rings (SSSR count). The number of ether oxygens (including phenoxy) is 1. The van der Waals surface area contributed by atoms with Crippen molar-refractivity contribution in [2.75, 3.05) is 13.2 Å². The second kappa shape index (κ2) is 13.8. The molecule has 0 spiro atoms. The van der Waals surface area contributed by atoms with E-state index in [0.717, 1.165) is 53.0 Å². The van der Waals surface area contributed by atoms with Gasteiger partial charge in [-0.25, -0.2) is 4.98 Å². The summed E-state index contributed by atoms with van der Waals surface area (Å²) in [6.45, 7) is 6.35. The molecule has 4 aromatic carbocycles. The van der Waals surface area contributed by atoms with Gasteiger partial charge in [0.1, 0.15) is 18.2 Å². The highest BCUT2D eigenvalue weighted by molar-refractivity contribution is 5.79. The second-order valence-electron chi connectivity index (χ2n) is 10.6. The lowest BCUT2D eigenvalue weighted by Crippen LogP contribution is -2.26. The molecular weight excluding hydrogens is 506 g/mol. The zero-order valence-corrected chi connectivity index (χ0v) is 24.1. The van der Waals surface area contributed by atoms with Crippen LogP contribution in [0.1, 0.15) is 49.6 Å². The zero-order valence-electron chi connectivity index (χ0n) is 24.1. The normalized spacial score (nSPS) is 11.9. The van der Waals surface area contributed by atoms with Crippen LogP contribution in [0.4, 0.5) is 0 Å². The van der Waals surface area contributed by atoms with Gasteiger partial charge in [0, 0.05) is 13.0 Å². The first-order valence-electron chi connectivity index (χ1n) is 14.7. The minimum atomic E-state index is 0.0405. The molecule has 1 amide bonds. The minimum Gasteiger partial charge on any atom is -0.492 e. The van der Waals surface area contributed by atoms with Gasteiger partial charge in [0.05, 0.1) is 24.0 Å². The maximum atomic E-state index is 12.6. The highest BCUT2D eigenvalue weighted by Gasteiger charge is 2.11. The number of benzene rings is 4. The Morgan fingerprint density at radius 1 is 0.878 bits per heavy atom. The zero-order chi connectivity index (χ0) is 28.4. The summed E-state index contributed by atoms with van der Waals surface area (Å²) in [6, 6.07) is 35.2. The van der Waals surface area contributed by atoms with E-state index in [2.05, 4.69) is 84.4 Å². The number of nitrogens with zero attached hydrogens (tertiary/aromatic N) is 2. The number of hydrogen-bond acceptors (Lipinski definition) is 3. The quantitative estimate of drug-likeness (QED) is 0.155. The number of carbonyl (C=O) groups excluding carboxylic acids is 1. The van der Waals surface area contributed by atoms with E-state index in [0.29, 0.717) is 32.0 Å². The predicted octanol–water partition coefficient (Wildman–Crippen LogP) is 7.59. The van der Waals surface area contributed by atoms with Gasteiger partial charge >= 0.3 is 0 Å². The molecule has 210 valence electrons. The van der Waals surface area contributed by atoms with E-state index in [1.54, 1.807) is 0 Å². The molecule has 1 aromatic heterocycles. The maximum Gasteiger partial charge on any atom is 0.224 e. The largest absolute Gasteiger partial charge is 0.492 e. The second-order valence-corrected chi connectivity index (χ2v) is 10.6. The molecule has 41 heavy (non-hydrogen) atoms. The number of fused-ring (bicyclic) bond motifs is 1. The molecule has 0 fully saturated rings. The van der Waals surface area contributed by atoms with E-state index in [1.165, 1.54) is 11.1 Å². The fourth-order valence-electron chi connectivity index (χ4n) is 5.12. The van der Waals surface area contributed by atoms with Crippen LogP contribution in [0.5, 0.6) is 5.75 Å². The van der Waals surface area contributed by atoms with Crippen molar-refractivity contribution in [2.24, 2.45) is 0 Å². The van der Waals surface area contributed by atoms with Crippen LogP contribution in [-0.4, -0.2) is 28.6 Å². The van der Waals surface area contributed by atoms with Gasteiger partial charge < -0.3 is 14.6 Å². The summed E-state index contributed by atoms with van der Waals surface area (Å²) in [5.41, 5.74) is 6.79. The highest BCUT2D eigenvalue weighted by Crippen LogP contribution is 2.23. The van der Waals surface area contributed by atoms with Crippen molar-refractivity contribution < 1.29 is 9.53 Å². The van der Waals surface area contributed by atoms with E-state index in [9.17, 15) is 4.79 Å². The first-order valence-corrected chi connectivity index (χ1v) is 14.7. The van der Waals surface area contributed by atoms with Crippen molar-refractivity contribution in [3.8, 4) is 16.9 Å². The first kappa shape index (κ1) is 28.2. The Morgan fingerprint density at radius 3 is 2.34 bits per heavy atom. The number of amides is 1. The van der Waals surface area contributed by atoms with Crippen LogP contribution in [0.25, 0.3) is 22.2 Å². The van der Waals surface area contributed by atoms with Crippen molar-refractivity contribution in [1.82, 2.24) is 14.9 Å². The minimum absolute atomic E-state index is 0.0405. The molecule has 0 saturated heterocycles. The van der Waals surface area contributed by atoms with Crippen LogP contribution in [0.15, 0.2) is 103 Å². The molecule has 5 nitrogen and oxygen atoms in total. The number of imidazole rings is 1. The van der Waals surface area contributed by atoms with Gasteiger partial charge in [-0.05, 0) is 65.3 Å². The van der Waals surface area contributed by atoms with Crippen LogP contribution < -0.4 is 10.1 Å². The van der Waals surface area contributed by atoms with Crippen LogP contribution >= 0.6 is 0 Å². The van der Waals surface area contributed by atoms with E-state index < -0.39 is 0 Å². The molecule has 0 aliphatic carbocycles. The van der Waals surface area contributed by atoms with Crippen LogP contribution in [0.3, 0.4) is 0 Å². The fourth-order valence-corrected chi connectivity index (χ4v) is 5.12. The molecule has 1 atom stereocenters. The Balaban J connectivity index is 1.11. The Labute approximate surface area is 243 Å². The van der Waals surface area contributed by atoms with Gasteiger partial charge in [0.2, 0.25) is 5.91 Å². The summed E-state index contributed by atoms with van der Waals surface area (Å²) in [5.74, 6) is 2.51. The van der Waals surface area contributed by atoms with Gasteiger partial charge in [-0.15, -0.1) is 0 Å². The fraction of sp³-hybridized carbons (Fsp3) is 0.278. The van der Waals surface area contributed by atoms with Crippen LogP contribution in [0, 0.1) is 0 Å². The van der Waals surface area contributed by atoms with Gasteiger partial charge in [-0.3, -0.25) is 4.79 Å². The van der Waals surface area contributed by atoms with E-state index >= 15 is 0 Å². The van der Waals surface area contributed by atoms with Crippen molar-refractivity contribution in [3.63, 3.8) is 0 Å². The summed E-state index contributed by atoms with van der Waals surface area (Å²) in [7, 11) is 0. The van der Waals surface area contributed by atoms with Crippen molar-refractivity contribution in [1.29, 1.82) is 0 Å². The summed E-state index contributed by atoms with van der Waals surface area (Å²) >= 11 is 0. The third kappa shape index (κ3) is 7.43. The number of carbonyl (C=O) groups is 1. The third-order valence-corrected chi connectivity index (χ3v) is 7.70. The monoisotopic (exact) mass is 545 g/mol. The van der Waals surface area contributed by atoms with Gasteiger partial charge in [-0.2, -0.15) is 0 Å². The van der Waals surface area contributed by atoms with Gasteiger partial charge in [-0.1, -0.05) is 92.7 Å². The molecular formula is C36H39N3O2. The predicted molar refractivity (Wildman–Crippen MR) is 167 cm³/mol. The SMILES string of the molecule is CCC(C)c1ccc(OCCn2c(CCCNC(=O)Cc3ccc(-c4ccccc4)cc3)nc3ccccc32)cc1. The van der Waals surface area contributed by atoms with Crippen LogP contribution in [0.2, 0.25) is 0 Å². The number of para-hydroxylation sites is 2. The molecule has 0 aliphatic rings. The Kier molecular flexibility index (Phi) is 9.48. The number of hydrogen-bond donors (Lipinski definition) is 1. The van der Waals surface area contributed by atoms with Gasteiger partial charge in [0.25, 0.3) is 0 Å². The van der Waals surface area contributed by atoms with Crippen LogP contribution in [-0.2, 0) is 24.2 Å². The van der Waals surface area contributed by atoms with Crippen molar-refractivity contribution >= 4 is 16.9 Å². The number of aromatic nitrogens is 2. The summed E-state index contributed by atoms with van der Waals surface area (Å²) in [6.07, 6.45) is 3.11.